The molecule has 1 atom stereocenters. The number of ether oxygens (including phenoxy) is 1. The molecule has 0 bridgehead atoms. The van der Waals surface area contributed by atoms with Gasteiger partial charge in [0, 0.05) is 23.9 Å². The Labute approximate surface area is 176 Å². The van der Waals surface area contributed by atoms with E-state index in [1.807, 2.05) is 58.9 Å². The van der Waals surface area contributed by atoms with Gasteiger partial charge in [-0.15, -0.1) is 0 Å². The van der Waals surface area contributed by atoms with E-state index in [4.69, 9.17) is 9.73 Å². The molecule has 1 fully saturated rings. The number of nitrogens with one attached hydrogen (secondary N) is 1. The van der Waals surface area contributed by atoms with E-state index >= 15 is 0 Å². The normalized spacial score (nSPS) is 19.2. The zero-order valence-electron chi connectivity index (χ0n) is 17.7. The summed E-state index contributed by atoms with van der Waals surface area (Å²) < 4.78 is 5.55. The van der Waals surface area contributed by atoms with Gasteiger partial charge in [0.25, 0.3) is 0 Å². The van der Waals surface area contributed by atoms with E-state index < -0.39 is 0 Å². The maximum Gasteiger partial charge on any atom is 0.338 e. The first-order chi connectivity index (χ1) is 13.8. The molecule has 7 heteroatoms. The van der Waals surface area contributed by atoms with Gasteiger partial charge in [-0.05, 0) is 44.9 Å². The number of allylic oxidation sites excluding steroid dienone is 1. The van der Waals surface area contributed by atoms with Crippen molar-refractivity contribution in [1.82, 2.24) is 4.90 Å². The lowest BCUT2D eigenvalue weighted by Crippen LogP contribution is -2.42. The van der Waals surface area contributed by atoms with Crippen LogP contribution in [0.15, 0.2) is 40.5 Å². The number of fused-ring (bicyclic) bond motifs is 1. The monoisotopic (exact) mass is 415 g/mol. The maximum atomic E-state index is 13.0. The number of amidine groups is 1. The van der Waals surface area contributed by atoms with E-state index in [2.05, 4.69) is 10.2 Å². The highest BCUT2D eigenvalue weighted by molar-refractivity contribution is 8.13. The molecule has 1 N–H and O–H groups in total. The van der Waals surface area contributed by atoms with Crippen LogP contribution in [0.5, 0.6) is 0 Å². The van der Waals surface area contributed by atoms with Crippen molar-refractivity contribution in [2.75, 3.05) is 17.6 Å². The third-order valence-electron chi connectivity index (χ3n) is 4.82. The van der Waals surface area contributed by atoms with Crippen LogP contribution < -0.4 is 5.32 Å². The Morgan fingerprint density at radius 2 is 2.03 bits per heavy atom. The van der Waals surface area contributed by atoms with Crippen LogP contribution in [-0.2, 0) is 14.3 Å². The number of rotatable bonds is 5. The molecule has 0 aromatic heterocycles. The molecule has 0 aliphatic carbocycles. The summed E-state index contributed by atoms with van der Waals surface area (Å²) in [5, 5.41) is 3.90. The van der Waals surface area contributed by atoms with Crippen molar-refractivity contribution in [3.05, 3.63) is 41.1 Å². The predicted molar refractivity (Wildman–Crippen MR) is 118 cm³/mol. The standard InChI is InChI=1S/C22H29N3O3S/c1-13(2)20(26)24-17-9-6-8-16(12-17)19-18(21(27)28-14(3)4)15(5)23-22-25(19)10-7-11-29-22/h6,8-9,12-14,19H,7,10-11H2,1-5H3,(H,24,26). The zero-order valence-corrected chi connectivity index (χ0v) is 18.5. The van der Waals surface area contributed by atoms with E-state index in [-0.39, 0.29) is 29.9 Å². The molecular formula is C22H29N3O3S. The van der Waals surface area contributed by atoms with Gasteiger partial charge in [0.15, 0.2) is 5.17 Å². The first-order valence-electron chi connectivity index (χ1n) is 10.1. The number of hydrogen-bond acceptors (Lipinski definition) is 6. The lowest BCUT2D eigenvalue weighted by Gasteiger charge is -2.40. The minimum Gasteiger partial charge on any atom is -0.459 e. The molecule has 1 aromatic carbocycles. The lowest BCUT2D eigenvalue weighted by atomic mass is 9.94. The van der Waals surface area contributed by atoms with Gasteiger partial charge in [0.2, 0.25) is 5.91 Å². The number of nitrogens with zero attached hydrogens (tertiary/aromatic N) is 2. The molecule has 0 saturated carbocycles. The molecule has 3 rings (SSSR count). The van der Waals surface area contributed by atoms with E-state index in [1.54, 1.807) is 11.8 Å². The van der Waals surface area contributed by atoms with Crippen molar-refractivity contribution in [2.24, 2.45) is 10.9 Å². The quantitative estimate of drug-likeness (QED) is 0.724. The molecule has 0 radical (unpaired) electrons. The fourth-order valence-electron chi connectivity index (χ4n) is 3.43. The second-order valence-electron chi connectivity index (χ2n) is 7.91. The van der Waals surface area contributed by atoms with Crippen molar-refractivity contribution >= 4 is 34.5 Å². The van der Waals surface area contributed by atoms with Crippen molar-refractivity contribution in [2.45, 2.75) is 53.2 Å². The predicted octanol–water partition coefficient (Wildman–Crippen LogP) is 4.36. The summed E-state index contributed by atoms with van der Waals surface area (Å²) in [4.78, 5) is 32.0. The van der Waals surface area contributed by atoms with Crippen molar-refractivity contribution in [1.29, 1.82) is 0 Å². The van der Waals surface area contributed by atoms with E-state index in [0.717, 1.165) is 35.1 Å². The summed E-state index contributed by atoms with van der Waals surface area (Å²) in [6, 6.07) is 7.44. The van der Waals surface area contributed by atoms with Crippen LogP contribution in [0.4, 0.5) is 5.69 Å². The number of amides is 1. The first-order valence-corrected chi connectivity index (χ1v) is 11.1. The van der Waals surface area contributed by atoms with Crippen LogP contribution in [0.25, 0.3) is 0 Å². The molecule has 0 spiro atoms. The Balaban J connectivity index is 2.02. The van der Waals surface area contributed by atoms with E-state index in [1.165, 1.54) is 0 Å². The van der Waals surface area contributed by atoms with Crippen LogP contribution in [0.2, 0.25) is 0 Å². The largest absolute Gasteiger partial charge is 0.459 e. The van der Waals surface area contributed by atoms with Gasteiger partial charge in [0.05, 0.1) is 23.4 Å². The minimum atomic E-state index is -0.336. The third-order valence-corrected chi connectivity index (χ3v) is 5.89. The van der Waals surface area contributed by atoms with E-state index in [9.17, 15) is 9.59 Å². The SMILES string of the molecule is CC1=C(C(=O)OC(C)C)C(c2cccc(NC(=O)C(C)C)c2)N2CCCSC2=N1. The molecule has 29 heavy (non-hydrogen) atoms. The molecule has 2 heterocycles. The van der Waals surface area contributed by atoms with Crippen LogP contribution >= 0.6 is 11.8 Å². The average Bonchev–Trinajstić information content (AvgIpc) is 2.66. The topological polar surface area (TPSA) is 71.0 Å². The summed E-state index contributed by atoms with van der Waals surface area (Å²) in [6.07, 6.45) is 0.816. The van der Waals surface area contributed by atoms with Gasteiger partial charge in [-0.1, -0.05) is 37.7 Å². The van der Waals surface area contributed by atoms with Gasteiger partial charge in [-0.3, -0.25) is 4.79 Å². The second-order valence-corrected chi connectivity index (χ2v) is 8.98. The van der Waals surface area contributed by atoms with Gasteiger partial charge in [-0.2, -0.15) is 0 Å². The molecule has 1 aromatic rings. The summed E-state index contributed by atoms with van der Waals surface area (Å²) in [7, 11) is 0. The molecule has 1 unspecified atom stereocenters. The van der Waals surface area contributed by atoms with Crippen LogP contribution in [0.3, 0.4) is 0 Å². The number of esters is 1. The average molecular weight is 416 g/mol. The summed E-state index contributed by atoms with van der Waals surface area (Å²) in [6.45, 7) is 10.1. The number of benzene rings is 1. The minimum absolute atomic E-state index is 0.0345. The molecule has 2 aliphatic rings. The highest BCUT2D eigenvalue weighted by Crippen LogP contribution is 2.40. The van der Waals surface area contributed by atoms with Gasteiger partial charge in [-0.25, -0.2) is 9.79 Å². The smallest absolute Gasteiger partial charge is 0.338 e. The Hall–Kier alpha value is -2.28. The fourth-order valence-corrected chi connectivity index (χ4v) is 4.45. The maximum absolute atomic E-state index is 13.0. The van der Waals surface area contributed by atoms with Crippen LogP contribution in [0.1, 0.15) is 52.6 Å². The van der Waals surface area contributed by atoms with Crippen molar-refractivity contribution < 1.29 is 14.3 Å². The summed E-state index contributed by atoms with van der Waals surface area (Å²) in [5.74, 6) is 0.542. The molecule has 2 aliphatic heterocycles. The molecule has 156 valence electrons. The van der Waals surface area contributed by atoms with Gasteiger partial charge >= 0.3 is 5.97 Å². The number of anilines is 1. The highest BCUT2D eigenvalue weighted by atomic mass is 32.2. The summed E-state index contributed by atoms with van der Waals surface area (Å²) >= 11 is 1.72. The number of thioether (sulfide) groups is 1. The van der Waals surface area contributed by atoms with Gasteiger partial charge in [0.1, 0.15) is 0 Å². The molecule has 1 amide bonds. The zero-order chi connectivity index (χ0) is 21.1. The number of hydrogen-bond donors (Lipinski definition) is 1. The van der Waals surface area contributed by atoms with E-state index in [0.29, 0.717) is 11.3 Å². The summed E-state index contributed by atoms with van der Waals surface area (Å²) in [5.41, 5.74) is 2.93. The third kappa shape index (κ3) is 4.83. The number of carbonyl (C=O) groups excluding carboxylic acids is 2. The van der Waals surface area contributed by atoms with Crippen LogP contribution in [-0.4, -0.2) is 40.3 Å². The van der Waals surface area contributed by atoms with Crippen molar-refractivity contribution in [3.8, 4) is 0 Å². The Morgan fingerprint density at radius 3 is 2.72 bits per heavy atom. The first kappa shape index (κ1) is 21.4. The Bertz CT molecular complexity index is 861. The van der Waals surface area contributed by atoms with Crippen LogP contribution in [0, 0.1) is 5.92 Å². The second kappa shape index (κ2) is 9.03. The highest BCUT2D eigenvalue weighted by Gasteiger charge is 2.38. The molecular weight excluding hydrogens is 386 g/mol. The number of aliphatic imine (C=N–C) groups is 1. The van der Waals surface area contributed by atoms with Crippen molar-refractivity contribution in [3.63, 3.8) is 0 Å². The molecule has 6 nitrogen and oxygen atoms in total. The Morgan fingerprint density at radius 1 is 1.28 bits per heavy atom. The lowest BCUT2D eigenvalue weighted by molar-refractivity contribution is -0.143. The molecule has 1 saturated heterocycles. The van der Waals surface area contributed by atoms with Gasteiger partial charge < -0.3 is 15.0 Å². The number of carbonyl (C=O) groups is 2. The Kier molecular flexibility index (Phi) is 6.67. The fraction of sp³-hybridized carbons (Fsp3) is 0.500.